The van der Waals surface area contributed by atoms with Gasteiger partial charge in [0.1, 0.15) is 0 Å². The molecule has 1 saturated carbocycles. The summed E-state index contributed by atoms with van der Waals surface area (Å²) in [5, 5.41) is 0. The topological polar surface area (TPSA) is 46.6 Å². The number of carbonyl (C=O) groups excluding carboxylic acids is 2. The van der Waals surface area contributed by atoms with Crippen molar-refractivity contribution >= 4 is 11.9 Å². The van der Waals surface area contributed by atoms with Crippen LogP contribution in [0, 0.1) is 0 Å². The highest BCUT2D eigenvalue weighted by Crippen LogP contribution is 2.32. The first-order valence-corrected chi connectivity index (χ1v) is 8.67. The van der Waals surface area contributed by atoms with Crippen LogP contribution in [0.15, 0.2) is 24.3 Å². The molecule has 0 N–H and O–H groups in total. The van der Waals surface area contributed by atoms with Crippen LogP contribution < -0.4 is 0 Å². The zero-order chi connectivity index (χ0) is 16.4. The lowest BCUT2D eigenvalue weighted by Gasteiger charge is -2.41. The first kappa shape index (κ1) is 16.0. The molecule has 1 aliphatic carbocycles. The molecule has 1 fully saturated rings. The van der Waals surface area contributed by atoms with Gasteiger partial charge < -0.3 is 9.64 Å². The van der Waals surface area contributed by atoms with Gasteiger partial charge in [0, 0.05) is 19.0 Å². The number of likely N-dealkylation sites (N-methyl/N-ethyl adjacent to an activating group) is 1. The van der Waals surface area contributed by atoms with Crippen molar-refractivity contribution in [2.24, 2.45) is 0 Å². The predicted octanol–water partition coefficient (Wildman–Crippen LogP) is 3.34. The molecule has 4 nitrogen and oxygen atoms in total. The zero-order valence-corrected chi connectivity index (χ0v) is 14.0. The van der Waals surface area contributed by atoms with Gasteiger partial charge >= 0.3 is 5.97 Å². The second kappa shape index (κ2) is 6.34. The Kier molecular flexibility index (Phi) is 4.42. The maximum Gasteiger partial charge on any atom is 0.339 e. The highest BCUT2D eigenvalue weighted by molar-refractivity contribution is 5.97. The quantitative estimate of drug-likeness (QED) is 0.804. The van der Waals surface area contributed by atoms with Crippen molar-refractivity contribution in [2.45, 2.75) is 64.0 Å². The van der Waals surface area contributed by atoms with Gasteiger partial charge in [-0.05, 0) is 38.3 Å². The highest BCUT2D eigenvalue weighted by Gasteiger charge is 2.45. The van der Waals surface area contributed by atoms with E-state index in [1.807, 2.05) is 30.0 Å². The average Bonchev–Trinajstić information content (AvgIpc) is 2.56. The third-order valence-corrected chi connectivity index (χ3v) is 5.15. The molecule has 1 heterocycles. The fraction of sp³-hybridized carbons (Fsp3) is 0.579. The molecular formula is C19H25NO3. The van der Waals surface area contributed by atoms with E-state index in [1.165, 1.54) is 19.3 Å². The van der Waals surface area contributed by atoms with E-state index in [2.05, 4.69) is 0 Å². The SMILES string of the molecule is CCN(C(=O)C1(C)Cc2ccccc2C(=O)O1)C1CCCCC1. The van der Waals surface area contributed by atoms with E-state index >= 15 is 0 Å². The van der Waals surface area contributed by atoms with E-state index in [0.717, 1.165) is 18.4 Å². The Morgan fingerprint density at radius 2 is 1.96 bits per heavy atom. The Balaban J connectivity index is 1.84. The molecule has 1 aliphatic heterocycles. The lowest BCUT2D eigenvalue weighted by molar-refractivity contribution is -0.154. The van der Waals surface area contributed by atoms with Crippen LogP contribution in [-0.4, -0.2) is 35.0 Å². The van der Waals surface area contributed by atoms with Gasteiger partial charge in [0.2, 0.25) is 0 Å². The standard InChI is InChI=1S/C19H25NO3/c1-3-20(15-10-5-4-6-11-15)18(22)19(2)13-14-9-7-8-12-16(14)17(21)23-19/h7-9,12,15H,3-6,10-11,13H2,1-2H3. The monoisotopic (exact) mass is 315 g/mol. The van der Waals surface area contributed by atoms with Gasteiger partial charge in [-0.2, -0.15) is 0 Å². The van der Waals surface area contributed by atoms with Crippen molar-refractivity contribution in [3.05, 3.63) is 35.4 Å². The lowest BCUT2D eigenvalue weighted by atomic mass is 9.87. The first-order valence-electron chi connectivity index (χ1n) is 8.67. The van der Waals surface area contributed by atoms with Crippen molar-refractivity contribution in [1.82, 2.24) is 4.90 Å². The molecule has 2 aliphatic rings. The van der Waals surface area contributed by atoms with E-state index in [9.17, 15) is 9.59 Å². The molecule has 0 saturated heterocycles. The number of amides is 1. The van der Waals surface area contributed by atoms with Crippen LogP contribution in [0.2, 0.25) is 0 Å². The van der Waals surface area contributed by atoms with E-state index in [-0.39, 0.29) is 17.9 Å². The van der Waals surface area contributed by atoms with Crippen molar-refractivity contribution in [1.29, 1.82) is 0 Å². The Hall–Kier alpha value is -1.84. The van der Waals surface area contributed by atoms with E-state index < -0.39 is 5.60 Å². The summed E-state index contributed by atoms with van der Waals surface area (Å²) in [6.07, 6.45) is 6.17. The Labute approximate surface area is 137 Å². The number of hydrogen-bond acceptors (Lipinski definition) is 3. The molecule has 124 valence electrons. The number of esters is 1. The van der Waals surface area contributed by atoms with Gasteiger partial charge in [-0.25, -0.2) is 4.79 Å². The smallest absolute Gasteiger partial charge is 0.339 e. The van der Waals surface area contributed by atoms with Crippen molar-refractivity contribution < 1.29 is 14.3 Å². The fourth-order valence-corrected chi connectivity index (χ4v) is 3.92. The average molecular weight is 315 g/mol. The molecule has 3 rings (SSSR count). The van der Waals surface area contributed by atoms with Crippen LogP contribution in [0.3, 0.4) is 0 Å². The van der Waals surface area contributed by atoms with Crippen LogP contribution in [0.1, 0.15) is 61.9 Å². The summed E-state index contributed by atoms with van der Waals surface area (Å²) >= 11 is 0. The summed E-state index contributed by atoms with van der Waals surface area (Å²) in [6, 6.07) is 7.69. The Bertz CT molecular complexity index is 606. The van der Waals surface area contributed by atoms with E-state index in [0.29, 0.717) is 18.5 Å². The summed E-state index contributed by atoms with van der Waals surface area (Å²) in [6.45, 7) is 4.43. The fourth-order valence-electron chi connectivity index (χ4n) is 3.92. The molecule has 1 amide bonds. The molecule has 0 radical (unpaired) electrons. The number of hydrogen-bond donors (Lipinski definition) is 0. The minimum absolute atomic E-state index is 0.0465. The number of carbonyl (C=O) groups is 2. The predicted molar refractivity (Wildman–Crippen MR) is 88.2 cm³/mol. The number of benzene rings is 1. The largest absolute Gasteiger partial charge is 0.445 e. The number of ether oxygens (including phenoxy) is 1. The third-order valence-electron chi connectivity index (χ3n) is 5.15. The third kappa shape index (κ3) is 2.99. The molecule has 1 unspecified atom stereocenters. The minimum Gasteiger partial charge on any atom is -0.445 e. The summed E-state index contributed by atoms with van der Waals surface area (Å²) < 4.78 is 5.61. The van der Waals surface area contributed by atoms with Gasteiger partial charge in [-0.3, -0.25) is 4.79 Å². The van der Waals surface area contributed by atoms with Gasteiger partial charge in [0.05, 0.1) is 5.56 Å². The van der Waals surface area contributed by atoms with Gasteiger partial charge in [0.15, 0.2) is 5.60 Å². The van der Waals surface area contributed by atoms with Crippen molar-refractivity contribution in [2.75, 3.05) is 6.54 Å². The maximum atomic E-state index is 13.2. The van der Waals surface area contributed by atoms with Gasteiger partial charge in [-0.1, -0.05) is 37.5 Å². The van der Waals surface area contributed by atoms with Crippen LogP contribution in [0.5, 0.6) is 0 Å². The Morgan fingerprint density at radius 3 is 2.65 bits per heavy atom. The second-order valence-corrected chi connectivity index (χ2v) is 6.84. The molecule has 1 aromatic rings. The minimum atomic E-state index is -1.08. The summed E-state index contributed by atoms with van der Waals surface area (Å²) in [5.74, 6) is -0.433. The molecular weight excluding hydrogens is 290 g/mol. The van der Waals surface area contributed by atoms with E-state index in [1.54, 1.807) is 13.0 Å². The number of rotatable bonds is 3. The molecule has 4 heteroatoms. The molecule has 23 heavy (non-hydrogen) atoms. The second-order valence-electron chi connectivity index (χ2n) is 6.84. The summed E-state index contributed by atoms with van der Waals surface area (Å²) in [7, 11) is 0. The summed E-state index contributed by atoms with van der Waals surface area (Å²) in [4.78, 5) is 27.4. The van der Waals surface area contributed by atoms with E-state index in [4.69, 9.17) is 4.74 Å². The van der Waals surface area contributed by atoms with Crippen LogP contribution >= 0.6 is 0 Å². The van der Waals surface area contributed by atoms with Gasteiger partial charge in [-0.15, -0.1) is 0 Å². The lowest BCUT2D eigenvalue weighted by Crippen LogP contribution is -2.56. The zero-order valence-electron chi connectivity index (χ0n) is 14.0. The molecule has 0 spiro atoms. The van der Waals surface area contributed by atoms with Crippen LogP contribution in [-0.2, 0) is 16.0 Å². The number of nitrogens with zero attached hydrogens (tertiary/aromatic N) is 1. The number of cyclic esters (lactones) is 1. The van der Waals surface area contributed by atoms with Crippen LogP contribution in [0.4, 0.5) is 0 Å². The Morgan fingerprint density at radius 1 is 1.26 bits per heavy atom. The molecule has 1 atom stereocenters. The number of fused-ring (bicyclic) bond motifs is 1. The van der Waals surface area contributed by atoms with Gasteiger partial charge in [0.25, 0.3) is 5.91 Å². The van der Waals surface area contributed by atoms with Crippen molar-refractivity contribution in [3.63, 3.8) is 0 Å². The normalized spacial score (nSPS) is 24.7. The highest BCUT2D eigenvalue weighted by atomic mass is 16.6. The molecule has 1 aromatic carbocycles. The first-order chi connectivity index (χ1) is 11.0. The molecule has 0 aromatic heterocycles. The van der Waals surface area contributed by atoms with Crippen molar-refractivity contribution in [3.8, 4) is 0 Å². The maximum absolute atomic E-state index is 13.2. The summed E-state index contributed by atoms with van der Waals surface area (Å²) in [5.41, 5.74) is 0.400. The molecule has 0 bridgehead atoms. The van der Waals surface area contributed by atoms with Crippen LogP contribution in [0.25, 0.3) is 0 Å².